The summed E-state index contributed by atoms with van der Waals surface area (Å²) in [7, 11) is 0. The van der Waals surface area contributed by atoms with Gasteiger partial charge < -0.3 is 4.90 Å². The third-order valence-electron chi connectivity index (χ3n) is 4.54. The lowest BCUT2D eigenvalue weighted by molar-refractivity contribution is -0.133. The van der Waals surface area contributed by atoms with Gasteiger partial charge in [0.05, 0.1) is 10.9 Å². The van der Waals surface area contributed by atoms with Crippen molar-refractivity contribution in [2.45, 2.75) is 25.8 Å². The van der Waals surface area contributed by atoms with Crippen LogP contribution in [0.2, 0.25) is 4.34 Å². The number of piperidine rings is 1. The number of carbonyl (C=O) groups is 1. The number of piperazine rings is 1. The van der Waals surface area contributed by atoms with Gasteiger partial charge in [-0.25, -0.2) is 0 Å². The van der Waals surface area contributed by atoms with E-state index >= 15 is 0 Å². The monoisotopic (exact) mass is 341 g/mol. The van der Waals surface area contributed by atoms with Gasteiger partial charge in [-0.1, -0.05) is 11.6 Å². The van der Waals surface area contributed by atoms with Crippen molar-refractivity contribution in [1.82, 2.24) is 14.7 Å². The summed E-state index contributed by atoms with van der Waals surface area (Å²) in [5, 5.41) is 0. The maximum absolute atomic E-state index is 12.3. The number of halogens is 1. The van der Waals surface area contributed by atoms with Crippen LogP contribution < -0.4 is 0 Å². The van der Waals surface area contributed by atoms with Crippen LogP contribution in [0.1, 0.15) is 24.1 Å². The third-order valence-corrected chi connectivity index (χ3v) is 5.76. The van der Waals surface area contributed by atoms with Gasteiger partial charge in [0.1, 0.15) is 0 Å². The van der Waals surface area contributed by atoms with Gasteiger partial charge in [-0.2, -0.15) is 0 Å². The van der Waals surface area contributed by atoms with E-state index in [4.69, 9.17) is 11.6 Å². The summed E-state index contributed by atoms with van der Waals surface area (Å²) in [6.07, 6.45) is 3.61. The molecule has 3 heterocycles. The Hall–Kier alpha value is -0.620. The molecular weight excluding hydrogens is 318 g/mol. The number of hydrogen-bond acceptors (Lipinski definition) is 4. The first-order valence-corrected chi connectivity index (χ1v) is 9.37. The molecule has 2 aliphatic heterocycles. The average molecular weight is 342 g/mol. The molecule has 1 aromatic rings. The quantitative estimate of drug-likeness (QED) is 0.842. The van der Waals surface area contributed by atoms with Crippen LogP contribution in [-0.2, 0) is 11.3 Å². The molecule has 4 nitrogen and oxygen atoms in total. The fourth-order valence-electron chi connectivity index (χ4n) is 3.20. The van der Waals surface area contributed by atoms with Crippen LogP contribution in [0.3, 0.4) is 0 Å². The second kappa shape index (κ2) is 7.77. The molecule has 0 N–H and O–H groups in total. The Kier molecular flexibility index (Phi) is 5.74. The fourth-order valence-corrected chi connectivity index (χ4v) is 4.33. The van der Waals surface area contributed by atoms with Crippen LogP contribution >= 0.6 is 22.9 Å². The number of nitrogens with zero attached hydrogens (tertiary/aromatic N) is 3. The Balaban J connectivity index is 1.40. The van der Waals surface area contributed by atoms with E-state index in [2.05, 4.69) is 15.9 Å². The minimum absolute atomic E-state index is 0.318. The lowest BCUT2D eigenvalue weighted by atomic mass is 10.1. The predicted octanol–water partition coefficient (Wildman–Crippen LogP) is 2.53. The number of thiophene rings is 1. The van der Waals surface area contributed by atoms with Crippen molar-refractivity contribution in [3.05, 3.63) is 21.3 Å². The van der Waals surface area contributed by atoms with E-state index in [1.807, 2.05) is 11.0 Å². The molecule has 0 aliphatic carbocycles. The van der Waals surface area contributed by atoms with Crippen molar-refractivity contribution in [2.24, 2.45) is 0 Å². The number of likely N-dealkylation sites (tertiary alicyclic amines) is 1. The minimum Gasteiger partial charge on any atom is -0.342 e. The van der Waals surface area contributed by atoms with Crippen molar-refractivity contribution in [3.8, 4) is 0 Å². The summed E-state index contributed by atoms with van der Waals surface area (Å²) < 4.78 is 0.862. The van der Waals surface area contributed by atoms with Crippen molar-refractivity contribution in [1.29, 1.82) is 0 Å². The molecule has 2 saturated heterocycles. The van der Waals surface area contributed by atoms with Crippen molar-refractivity contribution in [2.75, 3.05) is 45.8 Å². The second-order valence-electron chi connectivity index (χ2n) is 6.20. The first kappa shape index (κ1) is 16.2. The van der Waals surface area contributed by atoms with Gasteiger partial charge in [-0.3, -0.25) is 14.6 Å². The Labute approximate surface area is 141 Å². The van der Waals surface area contributed by atoms with E-state index in [9.17, 15) is 4.79 Å². The Bertz CT molecular complexity index is 493. The van der Waals surface area contributed by atoms with Gasteiger partial charge in [-0.05, 0) is 31.4 Å². The molecule has 0 saturated carbocycles. The first-order chi connectivity index (χ1) is 10.7. The smallest absolute Gasteiger partial charge is 0.236 e. The summed E-state index contributed by atoms with van der Waals surface area (Å²) in [5.74, 6) is 0.318. The van der Waals surface area contributed by atoms with Gasteiger partial charge in [0.2, 0.25) is 5.91 Å². The molecule has 0 bridgehead atoms. The van der Waals surface area contributed by atoms with Crippen LogP contribution in [-0.4, -0.2) is 66.4 Å². The molecule has 0 aromatic carbocycles. The summed E-state index contributed by atoms with van der Waals surface area (Å²) in [4.78, 5) is 20.4. The standard InChI is InChI=1S/C16H24ClN3OS/c17-15-5-4-14(22-15)12-18-8-10-19(11-9-18)13-16(21)20-6-2-1-3-7-20/h4-5H,1-3,6-13H2. The predicted molar refractivity (Wildman–Crippen MR) is 91.5 cm³/mol. The number of carbonyl (C=O) groups excluding carboxylic acids is 1. The Morgan fingerprint density at radius 3 is 2.32 bits per heavy atom. The second-order valence-corrected chi connectivity index (χ2v) is 8.00. The van der Waals surface area contributed by atoms with Crippen LogP contribution in [0.25, 0.3) is 0 Å². The molecule has 0 spiro atoms. The minimum atomic E-state index is 0.318. The fraction of sp³-hybridized carbons (Fsp3) is 0.688. The highest BCUT2D eigenvalue weighted by molar-refractivity contribution is 7.16. The third kappa shape index (κ3) is 4.44. The van der Waals surface area contributed by atoms with Gasteiger partial charge >= 0.3 is 0 Å². The largest absolute Gasteiger partial charge is 0.342 e. The zero-order chi connectivity index (χ0) is 15.4. The molecule has 122 valence electrons. The van der Waals surface area contributed by atoms with Crippen LogP contribution in [0.15, 0.2) is 12.1 Å². The van der Waals surface area contributed by atoms with E-state index in [0.29, 0.717) is 12.5 Å². The SMILES string of the molecule is O=C(CN1CCN(Cc2ccc(Cl)s2)CC1)N1CCCCC1. The van der Waals surface area contributed by atoms with Gasteiger partial charge in [0.15, 0.2) is 0 Å². The molecule has 22 heavy (non-hydrogen) atoms. The number of hydrogen-bond donors (Lipinski definition) is 0. The van der Waals surface area contributed by atoms with Gasteiger partial charge in [0.25, 0.3) is 0 Å². The zero-order valence-electron chi connectivity index (χ0n) is 13.0. The van der Waals surface area contributed by atoms with Crippen molar-refractivity contribution in [3.63, 3.8) is 0 Å². The summed E-state index contributed by atoms with van der Waals surface area (Å²) in [6.45, 7) is 7.52. The Morgan fingerprint density at radius 1 is 1.00 bits per heavy atom. The number of amides is 1. The lowest BCUT2D eigenvalue weighted by Crippen LogP contribution is -2.50. The molecule has 0 atom stereocenters. The molecule has 1 amide bonds. The van der Waals surface area contributed by atoms with Crippen LogP contribution in [0, 0.1) is 0 Å². The molecule has 3 rings (SSSR count). The normalized spacial score (nSPS) is 21.2. The maximum Gasteiger partial charge on any atom is 0.236 e. The van der Waals surface area contributed by atoms with Crippen LogP contribution in [0.5, 0.6) is 0 Å². The van der Waals surface area contributed by atoms with E-state index in [1.165, 1.54) is 24.1 Å². The number of rotatable bonds is 4. The van der Waals surface area contributed by atoms with Crippen molar-refractivity contribution < 1.29 is 4.79 Å². The maximum atomic E-state index is 12.3. The molecule has 2 fully saturated rings. The molecule has 0 radical (unpaired) electrons. The van der Waals surface area contributed by atoms with Crippen molar-refractivity contribution >= 4 is 28.8 Å². The summed E-state index contributed by atoms with van der Waals surface area (Å²) in [5.41, 5.74) is 0. The molecular formula is C16H24ClN3OS. The molecule has 1 aromatic heterocycles. The van der Waals surface area contributed by atoms with Gasteiger partial charge in [-0.15, -0.1) is 11.3 Å². The highest BCUT2D eigenvalue weighted by Gasteiger charge is 2.22. The zero-order valence-corrected chi connectivity index (χ0v) is 14.5. The molecule has 0 unspecified atom stereocenters. The average Bonchev–Trinajstić information content (AvgIpc) is 2.95. The lowest BCUT2D eigenvalue weighted by Gasteiger charge is -2.35. The van der Waals surface area contributed by atoms with Crippen LogP contribution in [0.4, 0.5) is 0 Å². The molecule has 6 heteroatoms. The van der Waals surface area contributed by atoms with E-state index < -0.39 is 0 Å². The highest BCUT2D eigenvalue weighted by Crippen LogP contribution is 2.23. The molecule has 2 aliphatic rings. The summed E-state index contributed by atoms with van der Waals surface area (Å²) >= 11 is 7.64. The summed E-state index contributed by atoms with van der Waals surface area (Å²) in [6, 6.07) is 4.08. The topological polar surface area (TPSA) is 26.8 Å². The Morgan fingerprint density at radius 2 is 1.68 bits per heavy atom. The van der Waals surface area contributed by atoms with E-state index in [-0.39, 0.29) is 0 Å². The highest BCUT2D eigenvalue weighted by atomic mass is 35.5. The first-order valence-electron chi connectivity index (χ1n) is 8.17. The van der Waals surface area contributed by atoms with Gasteiger partial charge in [0, 0.05) is 50.7 Å². The van der Waals surface area contributed by atoms with E-state index in [1.54, 1.807) is 11.3 Å². The van der Waals surface area contributed by atoms with E-state index in [0.717, 1.165) is 50.1 Å².